The minimum Gasteiger partial charge on any atom is -0.480 e. The molecule has 0 aromatic carbocycles. The summed E-state index contributed by atoms with van der Waals surface area (Å²) in [5.74, 6) is -1.37. The van der Waals surface area contributed by atoms with Crippen molar-refractivity contribution in [2.75, 3.05) is 13.2 Å². The van der Waals surface area contributed by atoms with Crippen molar-refractivity contribution in [2.45, 2.75) is 38.1 Å². The fourth-order valence-corrected chi connectivity index (χ4v) is 1.19. The molecule has 0 amide bonds. The second kappa shape index (κ2) is 10.4. The summed E-state index contributed by atoms with van der Waals surface area (Å²) in [5.41, 5.74) is 13.3. The largest absolute Gasteiger partial charge is 0.480 e. The van der Waals surface area contributed by atoms with E-state index >= 15 is 0 Å². The number of carbonyl (C=O) groups is 2. The molecule has 8 heteroatoms. The van der Waals surface area contributed by atoms with Gasteiger partial charge in [0.1, 0.15) is 6.04 Å². The van der Waals surface area contributed by atoms with Gasteiger partial charge in [-0.3, -0.25) is 9.59 Å². The predicted octanol–water partition coefficient (Wildman–Crippen LogP) is 1.20. The zero-order valence-electron chi connectivity index (χ0n) is 10.1. The average molecular weight is 258 g/mol. The minimum atomic E-state index is -1.02. The summed E-state index contributed by atoms with van der Waals surface area (Å²) < 4.78 is 4.90. The third kappa shape index (κ3) is 9.44. The lowest BCUT2D eigenvalue weighted by Gasteiger charge is -2.06. The molecule has 0 aliphatic rings. The Kier molecular flexibility index (Phi) is 9.34. The lowest BCUT2D eigenvalue weighted by atomic mass is 10.1. The van der Waals surface area contributed by atoms with Gasteiger partial charge >= 0.3 is 11.9 Å². The third-order valence-corrected chi connectivity index (χ3v) is 2.19. The molecule has 0 fully saturated rings. The number of hydrogen-bond acceptors (Lipinski definition) is 5. The lowest BCUT2D eigenvalue weighted by Crippen LogP contribution is -2.29. The Morgan fingerprint density at radius 1 is 1.39 bits per heavy atom. The molecule has 1 atom stereocenters. The number of rotatable bonds is 10. The highest BCUT2D eigenvalue weighted by Gasteiger charge is 2.10. The smallest absolute Gasteiger partial charge is 0.320 e. The topological polar surface area (TPSA) is 138 Å². The van der Waals surface area contributed by atoms with Crippen LogP contribution in [0.15, 0.2) is 5.11 Å². The van der Waals surface area contributed by atoms with Crippen LogP contribution in [0.25, 0.3) is 10.4 Å². The zero-order valence-corrected chi connectivity index (χ0v) is 10.1. The van der Waals surface area contributed by atoms with Gasteiger partial charge in [-0.05, 0) is 31.2 Å². The third-order valence-electron chi connectivity index (χ3n) is 2.19. The zero-order chi connectivity index (χ0) is 13.8. The molecule has 0 spiro atoms. The average Bonchev–Trinajstić information content (AvgIpc) is 2.33. The van der Waals surface area contributed by atoms with E-state index in [1.807, 2.05) is 0 Å². The Labute approximate surface area is 105 Å². The van der Waals surface area contributed by atoms with Gasteiger partial charge in [0.15, 0.2) is 0 Å². The van der Waals surface area contributed by atoms with Crippen LogP contribution in [0.5, 0.6) is 0 Å². The van der Waals surface area contributed by atoms with E-state index in [1.165, 1.54) is 0 Å². The first-order chi connectivity index (χ1) is 8.57. The molecule has 0 unspecified atom stereocenters. The van der Waals surface area contributed by atoms with Crippen LogP contribution in [0.1, 0.15) is 32.1 Å². The van der Waals surface area contributed by atoms with Crippen LogP contribution in [0.4, 0.5) is 0 Å². The summed E-state index contributed by atoms with van der Waals surface area (Å²) in [6, 6.07) is -0.857. The van der Waals surface area contributed by atoms with Crippen LogP contribution in [0.2, 0.25) is 0 Å². The number of azide groups is 1. The highest BCUT2D eigenvalue weighted by atomic mass is 16.5. The van der Waals surface area contributed by atoms with E-state index < -0.39 is 12.0 Å². The molecule has 0 aliphatic heterocycles. The summed E-state index contributed by atoms with van der Waals surface area (Å²) in [4.78, 5) is 24.1. The number of hydrogen-bond donors (Lipinski definition) is 2. The number of carbonyl (C=O) groups excluding carboxylic acids is 1. The molecule has 8 nitrogen and oxygen atoms in total. The van der Waals surface area contributed by atoms with E-state index in [9.17, 15) is 9.59 Å². The Balaban J connectivity index is 3.40. The van der Waals surface area contributed by atoms with Crippen LogP contribution in [-0.2, 0) is 14.3 Å². The van der Waals surface area contributed by atoms with Crippen molar-refractivity contribution in [1.82, 2.24) is 0 Å². The van der Waals surface area contributed by atoms with Crippen LogP contribution in [0.3, 0.4) is 0 Å². The highest BCUT2D eigenvalue weighted by molar-refractivity contribution is 5.72. The first kappa shape index (κ1) is 16.2. The summed E-state index contributed by atoms with van der Waals surface area (Å²) in [7, 11) is 0. The van der Waals surface area contributed by atoms with E-state index in [2.05, 4.69) is 10.0 Å². The fraction of sp³-hybridized carbons (Fsp3) is 0.800. The number of esters is 1. The predicted molar refractivity (Wildman–Crippen MR) is 63.7 cm³/mol. The monoisotopic (exact) mass is 258 g/mol. The summed E-state index contributed by atoms with van der Waals surface area (Å²) in [6.07, 6.45) is 2.23. The van der Waals surface area contributed by atoms with Crippen molar-refractivity contribution in [1.29, 1.82) is 0 Å². The van der Waals surface area contributed by atoms with Crippen molar-refractivity contribution in [3.05, 3.63) is 10.4 Å². The standard InChI is InChI=1S/C10H18N4O4/c11-8(10(16)17)4-1-2-7-18-9(15)5-3-6-13-14-12/h8H,1-7,11H2,(H,16,17)/t8-/m0/s1. The Hall–Kier alpha value is -1.79. The number of nitrogens with zero attached hydrogens (tertiary/aromatic N) is 3. The molecule has 3 N–H and O–H groups in total. The molecule has 0 radical (unpaired) electrons. The maximum Gasteiger partial charge on any atom is 0.320 e. The van der Waals surface area contributed by atoms with Crippen LogP contribution in [0, 0.1) is 0 Å². The molecular weight excluding hydrogens is 240 g/mol. The van der Waals surface area contributed by atoms with Gasteiger partial charge in [-0.2, -0.15) is 0 Å². The van der Waals surface area contributed by atoms with Crippen LogP contribution >= 0.6 is 0 Å². The molecule has 0 aromatic rings. The molecule has 0 saturated carbocycles. The van der Waals surface area contributed by atoms with E-state index in [0.29, 0.717) is 25.7 Å². The Bertz CT molecular complexity index is 315. The number of aliphatic carboxylic acids is 1. The first-order valence-electron chi connectivity index (χ1n) is 5.72. The van der Waals surface area contributed by atoms with E-state index in [0.717, 1.165) is 0 Å². The van der Waals surface area contributed by atoms with E-state index in [-0.39, 0.29) is 25.5 Å². The minimum absolute atomic E-state index is 0.216. The summed E-state index contributed by atoms with van der Waals surface area (Å²) in [5, 5.41) is 11.8. The van der Waals surface area contributed by atoms with E-state index in [4.69, 9.17) is 21.1 Å². The molecule has 102 valence electrons. The first-order valence-corrected chi connectivity index (χ1v) is 5.72. The van der Waals surface area contributed by atoms with Crippen molar-refractivity contribution in [3.63, 3.8) is 0 Å². The molecular formula is C10H18N4O4. The fourth-order valence-electron chi connectivity index (χ4n) is 1.19. The molecule has 0 bridgehead atoms. The molecule has 0 aliphatic carbocycles. The van der Waals surface area contributed by atoms with E-state index in [1.54, 1.807) is 0 Å². The maximum absolute atomic E-state index is 11.1. The van der Waals surface area contributed by atoms with Gasteiger partial charge in [-0.1, -0.05) is 5.11 Å². The molecule has 0 aromatic heterocycles. The molecule has 0 saturated heterocycles. The maximum atomic E-state index is 11.1. The number of unbranched alkanes of at least 4 members (excludes halogenated alkanes) is 1. The van der Waals surface area contributed by atoms with Crippen molar-refractivity contribution in [3.8, 4) is 0 Å². The number of nitrogens with two attached hydrogens (primary N) is 1. The molecule has 0 heterocycles. The van der Waals surface area contributed by atoms with Crippen molar-refractivity contribution < 1.29 is 19.4 Å². The number of carboxylic acids is 1. The van der Waals surface area contributed by atoms with Gasteiger partial charge in [0.05, 0.1) is 6.61 Å². The second-order valence-corrected chi connectivity index (χ2v) is 3.72. The Morgan fingerprint density at radius 2 is 2.11 bits per heavy atom. The molecule has 18 heavy (non-hydrogen) atoms. The number of carboxylic acid groups (broad SMARTS) is 1. The quantitative estimate of drug-likeness (QED) is 0.199. The van der Waals surface area contributed by atoms with Gasteiger partial charge in [-0.25, -0.2) is 0 Å². The Morgan fingerprint density at radius 3 is 2.72 bits per heavy atom. The SMILES string of the molecule is [N-]=[N+]=NCCCC(=O)OCCCC[C@H](N)C(=O)O. The molecule has 0 rings (SSSR count). The lowest BCUT2D eigenvalue weighted by molar-refractivity contribution is -0.144. The van der Waals surface area contributed by atoms with Crippen molar-refractivity contribution in [2.24, 2.45) is 10.8 Å². The van der Waals surface area contributed by atoms with Gasteiger partial charge in [0, 0.05) is 17.9 Å². The summed E-state index contributed by atoms with van der Waals surface area (Å²) in [6.45, 7) is 0.533. The van der Waals surface area contributed by atoms with Gasteiger partial charge in [0.25, 0.3) is 0 Å². The van der Waals surface area contributed by atoms with Crippen LogP contribution in [-0.4, -0.2) is 36.2 Å². The normalized spacial score (nSPS) is 11.4. The van der Waals surface area contributed by atoms with Gasteiger partial charge in [-0.15, -0.1) is 0 Å². The van der Waals surface area contributed by atoms with Crippen molar-refractivity contribution >= 4 is 11.9 Å². The van der Waals surface area contributed by atoms with Gasteiger partial charge in [0.2, 0.25) is 0 Å². The summed E-state index contributed by atoms with van der Waals surface area (Å²) >= 11 is 0. The van der Waals surface area contributed by atoms with Crippen LogP contribution < -0.4 is 5.73 Å². The van der Waals surface area contributed by atoms with Gasteiger partial charge < -0.3 is 15.6 Å². The second-order valence-electron chi connectivity index (χ2n) is 3.72. The number of ether oxygens (including phenoxy) is 1. The highest BCUT2D eigenvalue weighted by Crippen LogP contribution is 2.01.